The summed E-state index contributed by atoms with van der Waals surface area (Å²) in [6.45, 7) is 9.27. The molecule has 6 heteroatoms. The van der Waals surface area contributed by atoms with E-state index in [0.717, 1.165) is 0 Å². The van der Waals surface area contributed by atoms with Crippen LogP contribution in [-0.2, 0) is 14.2 Å². The fourth-order valence-corrected chi connectivity index (χ4v) is 1.77. The first-order valence-electron chi connectivity index (χ1n) is 6.94. The Morgan fingerprint density at radius 1 is 0.714 bits per heavy atom. The van der Waals surface area contributed by atoms with Crippen molar-refractivity contribution < 1.29 is 23.7 Å². The van der Waals surface area contributed by atoms with Crippen LogP contribution in [0.15, 0.2) is 18.2 Å². The second-order valence-electron chi connectivity index (χ2n) is 4.29. The van der Waals surface area contributed by atoms with Crippen LogP contribution in [0.5, 0.6) is 11.5 Å². The molecule has 2 rings (SSSR count). The van der Waals surface area contributed by atoms with E-state index in [1.165, 1.54) is 0 Å². The second kappa shape index (κ2) is 9.19. The van der Waals surface area contributed by atoms with E-state index in [4.69, 9.17) is 30.3 Å². The monoisotopic (exact) mass is 294 g/mol. The number of fused-ring (bicyclic) bond motifs is 1. The minimum atomic E-state index is 0.418. The summed E-state index contributed by atoms with van der Waals surface area (Å²) in [5.41, 5.74) is 0.626. The first-order valence-corrected chi connectivity index (χ1v) is 6.94. The van der Waals surface area contributed by atoms with Crippen molar-refractivity contribution in [3.8, 4) is 18.1 Å². The fraction of sp³-hybridized carbons (Fsp3) is 0.533. The number of hydrogen-bond acceptors (Lipinski definition) is 5. The van der Waals surface area contributed by atoms with Crippen LogP contribution >= 0.6 is 0 Å². The second-order valence-corrected chi connectivity index (χ2v) is 4.29. The lowest BCUT2D eigenvalue weighted by atomic mass is 10.3. The molecule has 0 aromatic heterocycles. The van der Waals surface area contributed by atoms with E-state index in [1.807, 2.05) is 0 Å². The van der Waals surface area contributed by atoms with Crippen molar-refractivity contribution in [3.05, 3.63) is 23.0 Å². The van der Waals surface area contributed by atoms with Crippen LogP contribution in [0.4, 0.5) is 5.69 Å². The molecule has 0 aliphatic carbocycles. The quantitative estimate of drug-likeness (QED) is 0.733. The van der Waals surface area contributed by atoms with Crippen molar-refractivity contribution in [2.45, 2.75) is 0 Å². The predicted octanol–water partition coefficient (Wildman–Crippen LogP) is 2.10. The van der Waals surface area contributed by atoms with Gasteiger partial charge in [0.2, 0.25) is 0 Å². The molecule has 1 heterocycles. The maximum absolute atomic E-state index is 5.66. The molecule has 6 nitrogen and oxygen atoms in total. The SMILES string of the molecule is C#[N+]c1ccc2c(c1)OCCOCCOCCOCCO2. The Hall–Kier alpha value is -1.81. The van der Waals surface area contributed by atoms with Gasteiger partial charge in [0, 0.05) is 6.07 Å². The van der Waals surface area contributed by atoms with Gasteiger partial charge in [0.25, 0.3) is 6.57 Å². The molecule has 0 N–H and O–H groups in total. The summed E-state index contributed by atoms with van der Waals surface area (Å²) >= 11 is 0. The van der Waals surface area contributed by atoms with E-state index in [1.54, 1.807) is 18.2 Å². The van der Waals surface area contributed by atoms with E-state index in [2.05, 4.69) is 4.85 Å². The van der Waals surface area contributed by atoms with Gasteiger partial charge in [-0.15, -0.1) is 0 Å². The molecule has 1 aromatic rings. The third-order valence-corrected chi connectivity index (χ3v) is 2.79. The van der Waals surface area contributed by atoms with Crippen molar-refractivity contribution in [2.24, 2.45) is 0 Å². The number of benzene rings is 1. The van der Waals surface area contributed by atoms with Gasteiger partial charge in [-0.1, -0.05) is 0 Å². The van der Waals surface area contributed by atoms with Crippen LogP contribution in [0.2, 0.25) is 0 Å². The van der Waals surface area contributed by atoms with Gasteiger partial charge in [-0.2, -0.15) is 0 Å². The van der Waals surface area contributed by atoms with Crippen molar-refractivity contribution >= 4 is 5.69 Å². The highest BCUT2D eigenvalue weighted by Gasteiger charge is 2.11. The van der Waals surface area contributed by atoms with Gasteiger partial charge in [-0.3, -0.25) is 0 Å². The molecule has 1 aliphatic rings. The molecule has 1 aromatic carbocycles. The van der Waals surface area contributed by atoms with Gasteiger partial charge in [0.05, 0.1) is 45.7 Å². The highest BCUT2D eigenvalue weighted by atomic mass is 16.6. The van der Waals surface area contributed by atoms with Gasteiger partial charge < -0.3 is 23.7 Å². The van der Waals surface area contributed by atoms with Crippen LogP contribution in [0.3, 0.4) is 0 Å². The molecular weight excluding hydrogens is 274 g/mol. The minimum absolute atomic E-state index is 0.418. The Kier molecular flexibility index (Phi) is 6.81. The maximum atomic E-state index is 5.66. The van der Waals surface area contributed by atoms with Crippen molar-refractivity contribution in [1.82, 2.24) is 0 Å². The largest absolute Gasteiger partial charge is 0.487 e. The van der Waals surface area contributed by atoms with Crippen molar-refractivity contribution in [2.75, 3.05) is 52.9 Å². The average molecular weight is 294 g/mol. The van der Waals surface area contributed by atoms with Crippen LogP contribution < -0.4 is 9.47 Å². The van der Waals surface area contributed by atoms with Crippen molar-refractivity contribution in [1.29, 1.82) is 0 Å². The van der Waals surface area contributed by atoms with Crippen LogP contribution in [0.1, 0.15) is 0 Å². The maximum Gasteiger partial charge on any atom is 0.343 e. The Labute approximate surface area is 124 Å². The first-order chi connectivity index (χ1) is 10.4. The van der Waals surface area contributed by atoms with E-state index >= 15 is 0 Å². The Bertz CT molecular complexity index is 472. The zero-order chi connectivity index (χ0) is 14.8. The average Bonchev–Trinajstić information content (AvgIpc) is 2.52. The van der Waals surface area contributed by atoms with E-state index in [-0.39, 0.29) is 0 Å². The molecule has 0 unspecified atom stereocenters. The summed E-state index contributed by atoms with van der Waals surface area (Å²) in [4.78, 5) is 3.64. The van der Waals surface area contributed by atoms with Crippen LogP contribution in [-0.4, -0.2) is 52.9 Å². The number of rotatable bonds is 0. The summed E-state index contributed by atoms with van der Waals surface area (Å²) in [5, 5.41) is 0. The normalized spacial score (nSPS) is 18.0. The molecule has 0 atom stereocenters. The standard InChI is InChI=1S/C15H20NO5/c1-16-13-2-3-14-15(12-13)21-11-9-19-7-5-17-4-6-18-8-10-20-14/h1-3,12H,4-11H2/q+1. The third kappa shape index (κ3) is 5.60. The van der Waals surface area contributed by atoms with Gasteiger partial charge >= 0.3 is 5.69 Å². The molecule has 0 fully saturated rings. The molecule has 0 spiro atoms. The molecule has 114 valence electrons. The molecule has 0 bridgehead atoms. The predicted molar refractivity (Wildman–Crippen MR) is 77.9 cm³/mol. The summed E-state index contributed by atoms with van der Waals surface area (Å²) in [7, 11) is 0. The van der Waals surface area contributed by atoms with Gasteiger partial charge in [0.1, 0.15) is 13.2 Å². The Morgan fingerprint density at radius 2 is 1.24 bits per heavy atom. The lowest BCUT2D eigenvalue weighted by Crippen LogP contribution is -2.13. The summed E-state index contributed by atoms with van der Waals surface area (Å²) in [6, 6.07) is 5.28. The highest BCUT2D eigenvalue weighted by molar-refractivity contribution is 5.55. The molecule has 0 saturated heterocycles. The first kappa shape index (κ1) is 15.6. The molecule has 21 heavy (non-hydrogen) atoms. The number of nitrogens with zero attached hydrogens (tertiary/aromatic N) is 1. The highest BCUT2D eigenvalue weighted by Crippen LogP contribution is 2.31. The molecule has 0 amide bonds. The molecular formula is C15H20NO5+. The van der Waals surface area contributed by atoms with E-state index < -0.39 is 0 Å². The zero-order valence-electron chi connectivity index (χ0n) is 12.0. The van der Waals surface area contributed by atoms with Crippen LogP contribution in [0, 0.1) is 6.57 Å². The summed E-state index contributed by atoms with van der Waals surface area (Å²) in [5.74, 6) is 1.23. The summed E-state index contributed by atoms with van der Waals surface area (Å²) < 4.78 is 27.5. The topological polar surface area (TPSA) is 50.5 Å². The number of ether oxygens (including phenoxy) is 5. The van der Waals surface area contributed by atoms with Crippen LogP contribution in [0.25, 0.3) is 4.85 Å². The Morgan fingerprint density at radius 3 is 1.81 bits per heavy atom. The van der Waals surface area contributed by atoms with Gasteiger partial charge in [-0.25, -0.2) is 0 Å². The molecule has 0 saturated carbocycles. The smallest absolute Gasteiger partial charge is 0.343 e. The molecule has 0 radical (unpaired) electrons. The molecule has 1 aliphatic heterocycles. The lowest BCUT2D eigenvalue weighted by Gasteiger charge is -2.11. The fourth-order valence-electron chi connectivity index (χ4n) is 1.77. The van der Waals surface area contributed by atoms with E-state index in [0.29, 0.717) is 70.0 Å². The zero-order valence-corrected chi connectivity index (χ0v) is 12.0. The van der Waals surface area contributed by atoms with Crippen molar-refractivity contribution in [3.63, 3.8) is 0 Å². The third-order valence-electron chi connectivity index (χ3n) is 2.79. The lowest BCUT2D eigenvalue weighted by molar-refractivity contribution is 0.00708. The minimum Gasteiger partial charge on any atom is -0.487 e. The summed E-state index contributed by atoms with van der Waals surface area (Å²) in [6.07, 6.45) is 0. The van der Waals surface area contributed by atoms with Gasteiger partial charge in [0.15, 0.2) is 11.5 Å². The van der Waals surface area contributed by atoms with Gasteiger partial charge in [-0.05, 0) is 10.9 Å². The van der Waals surface area contributed by atoms with E-state index in [9.17, 15) is 0 Å². The number of hydrogen-bond donors (Lipinski definition) is 0. The Balaban J connectivity index is 1.98.